The lowest BCUT2D eigenvalue weighted by atomic mass is 10.1. The van der Waals surface area contributed by atoms with E-state index in [1.807, 2.05) is 30.3 Å². The minimum absolute atomic E-state index is 0.190. The third-order valence-corrected chi connectivity index (χ3v) is 4.39. The van der Waals surface area contributed by atoms with Crippen molar-refractivity contribution in [3.8, 4) is 17.2 Å². The third-order valence-electron chi connectivity index (χ3n) is 3.90. The summed E-state index contributed by atoms with van der Waals surface area (Å²) < 4.78 is 17.7. The van der Waals surface area contributed by atoms with Crippen LogP contribution in [-0.2, 0) is 6.54 Å². The second kappa shape index (κ2) is 11.0. The van der Waals surface area contributed by atoms with Gasteiger partial charge in [-0.15, -0.1) is 0 Å². The van der Waals surface area contributed by atoms with E-state index in [0.717, 1.165) is 16.5 Å². The van der Waals surface area contributed by atoms with E-state index in [4.69, 9.17) is 14.2 Å². The molecule has 0 heterocycles. The first-order chi connectivity index (χ1) is 13.4. The van der Waals surface area contributed by atoms with Crippen molar-refractivity contribution in [3.05, 3.63) is 52.0 Å². The number of carbonyl (C=O) groups is 1. The summed E-state index contributed by atoms with van der Waals surface area (Å²) in [6, 6.07) is 11.1. The average molecular weight is 450 g/mol. The predicted octanol–water partition coefficient (Wildman–Crippen LogP) is 5.21. The van der Waals surface area contributed by atoms with Crippen molar-refractivity contribution in [2.75, 3.05) is 20.3 Å². The molecule has 0 unspecified atom stereocenters. The second-order valence-electron chi connectivity index (χ2n) is 6.86. The number of carbonyl (C=O) groups excluding carboxylic acids is 1. The van der Waals surface area contributed by atoms with Gasteiger partial charge in [0.15, 0.2) is 11.5 Å². The first-order valence-corrected chi connectivity index (χ1v) is 10.2. The molecule has 1 amide bonds. The molecule has 2 aromatic carbocycles. The summed E-state index contributed by atoms with van der Waals surface area (Å²) in [7, 11) is 1.61. The fourth-order valence-corrected chi connectivity index (χ4v) is 2.85. The number of nitrogens with one attached hydrogen (secondary N) is 1. The zero-order chi connectivity index (χ0) is 20.5. The van der Waals surface area contributed by atoms with Crippen LogP contribution in [0.25, 0.3) is 0 Å². The average Bonchev–Trinajstić information content (AvgIpc) is 2.69. The highest BCUT2D eigenvalue weighted by atomic mass is 79.9. The van der Waals surface area contributed by atoms with E-state index < -0.39 is 0 Å². The number of hydrogen-bond acceptors (Lipinski definition) is 4. The molecule has 1 N–H and O–H groups in total. The number of ether oxygens (including phenoxy) is 3. The summed E-state index contributed by atoms with van der Waals surface area (Å²) in [6.45, 7) is 7.75. The summed E-state index contributed by atoms with van der Waals surface area (Å²) >= 11 is 3.42. The van der Waals surface area contributed by atoms with E-state index in [9.17, 15) is 4.79 Å². The lowest BCUT2D eigenvalue weighted by molar-refractivity contribution is 0.0946. The smallest absolute Gasteiger partial charge is 0.255 e. The molecule has 0 aliphatic rings. The monoisotopic (exact) mass is 449 g/mol. The molecule has 0 saturated carbocycles. The molecule has 2 rings (SSSR count). The molecule has 0 radical (unpaired) electrons. The lowest BCUT2D eigenvalue weighted by Crippen LogP contribution is -2.24. The van der Waals surface area contributed by atoms with E-state index in [1.165, 1.54) is 0 Å². The van der Waals surface area contributed by atoms with Crippen molar-refractivity contribution in [1.82, 2.24) is 5.32 Å². The van der Waals surface area contributed by atoms with Gasteiger partial charge in [0.25, 0.3) is 5.91 Å². The Hall–Kier alpha value is -2.21. The number of amides is 1. The van der Waals surface area contributed by atoms with Crippen LogP contribution in [-0.4, -0.2) is 26.2 Å². The molecule has 0 bridgehead atoms. The SMILES string of the molecule is CCCOc1ccc(CNC(=O)c2cc(Br)ccc2OCC(C)C)cc1OC. The van der Waals surface area contributed by atoms with Gasteiger partial charge in [0, 0.05) is 11.0 Å². The molecule has 0 aliphatic carbocycles. The lowest BCUT2D eigenvalue weighted by Gasteiger charge is -2.14. The van der Waals surface area contributed by atoms with Gasteiger partial charge >= 0.3 is 0 Å². The van der Waals surface area contributed by atoms with Crippen LogP contribution in [0.15, 0.2) is 40.9 Å². The Kier molecular flexibility index (Phi) is 8.64. The van der Waals surface area contributed by atoms with Crippen molar-refractivity contribution < 1.29 is 19.0 Å². The Morgan fingerprint density at radius 2 is 1.82 bits per heavy atom. The van der Waals surface area contributed by atoms with Gasteiger partial charge in [-0.2, -0.15) is 0 Å². The van der Waals surface area contributed by atoms with Gasteiger partial charge in [-0.1, -0.05) is 42.8 Å². The molecule has 5 nitrogen and oxygen atoms in total. The maximum Gasteiger partial charge on any atom is 0.255 e. The maximum absolute atomic E-state index is 12.7. The van der Waals surface area contributed by atoms with Gasteiger partial charge < -0.3 is 19.5 Å². The summed E-state index contributed by atoms with van der Waals surface area (Å²) in [6.07, 6.45) is 0.925. The highest BCUT2D eigenvalue weighted by Crippen LogP contribution is 2.28. The van der Waals surface area contributed by atoms with Crippen LogP contribution < -0.4 is 19.5 Å². The van der Waals surface area contributed by atoms with E-state index in [-0.39, 0.29) is 5.91 Å². The number of methoxy groups -OCH3 is 1. The zero-order valence-electron chi connectivity index (χ0n) is 16.9. The zero-order valence-corrected chi connectivity index (χ0v) is 18.5. The molecule has 0 aromatic heterocycles. The predicted molar refractivity (Wildman–Crippen MR) is 114 cm³/mol. The van der Waals surface area contributed by atoms with Crippen molar-refractivity contribution in [3.63, 3.8) is 0 Å². The minimum atomic E-state index is -0.190. The molecule has 152 valence electrons. The van der Waals surface area contributed by atoms with Crippen LogP contribution in [0, 0.1) is 5.92 Å². The van der Waals surface area contributed by atoms with E-state index in [2.05, 4.69) is 42.0 Å². The quantitative estimate of drug-likeness (QED) is 0.540. The summed E-state index contributed by atoms with van der Waals surface area (Å²) in [5.74, 6) is 2.13. The molecule has 28 heavy (non-hydrogen) atoms. The van der Waals surface area contributed by atoms with Crippen LogP contribution in [0.1, 0.15) is 43.1 Å². The Bertz CT molecular complexity index is 792. The molecular weight excluding hydrogens is 422 g/mol. The number of halogens is 1. The Balaban J connectivity index is 2.08. The molecule has 2 aromatic rings. The molecule has 0 aliphatic heterocycles. The standard InChI is InChI=1S/C22H28BrNO4/c1-5-10-27-20-8-6-16(11-21(20)26-4)13-24-22(25)18-12-17(23)7-9-19(18)28-14-15(2)3/h6-9,11-12,15H,5,10,13-14H2,1-4H3,(H,24,25). The van der Waals surface area contributed by atoms with Crippen molar-refractivity contribution in [2.24, 2.45) is 5.92 Å². The van der Waals surface area contributed by atoms with Gasteiger partial charge in [0.1, 0.15) is 5.75 Å². The van der Waals surface area contributed by atoms with Gasteiger partial charge in [0.2, 0.25) is 0 Å². The van der Waals surface area contributed by atoms with Gasteiger partial charge in [-0.3, -0.25) is 4.79 Å². The van der Waals surface area contributed by atoms with Crippen LogP contribution >= 0.6 is 15.9 Å². The number of hydrogen-bond donors (Lipinski definition) is 1. The first kappa shape index (κ1) is 22.1. The number of benzene rings is 2. The van der Waals surface area contributed by atoms with Crippen molar-refractivity contribution in [1.29, 1.82) is 0 Å². The summed E-state index contributed by atoms with van der Waals surface area (Å²) in [4.78, 5) is 12.7. The van der Waals surface area contributed by atoms with Crippen molar-refractivity contribution >= 4 is 21.8 Å². The van der Waals surface area contributed by atoms with Gasteiger partial charge in [-0.05, 0) is 48.2 Å². The minimum Gasteiger partial charge on any atom is -0.493 e. The molecule has 0 saturated heterocycles. The van der Waals surface area contributed by atoms with Gasteiger partial charge in [0.05, 0.1) is 25.9 Å². The third kappa shape index (κ3) is 6.44. The summed E-state index contributed by atoms with van der Waals surface area (Å²) in [5.41, 5.74) is 1.43. The highest BCUT2D eigenvalue weighted by Gasteiger charge is 2.14. The fraction of sp³-hybridized carbons (Fsp3) is 0.409. The highest BCUT2D eigenvalue weighted by molar-refractivity contribution is 9.10. The van der Waals surface area contributed by atoms with Crippen LogP contribution in [0.5, 0.6) is 17.2 Å². The van der Waals surface area contributed by atoms with Crippen LogP contribution in [0.2, 0.25) is 0 Å². The Morgan fingerprint density at radius 3 is 2.50 bits per heavy atom. The van der Waals surface area contributed by atoms with E-state index in [0.29, 0.717) is 48.5 Å². The maximum atomic E-state index is 12.7. The largest absolute Gasteiger partial charge is 0.493 e. The first-order valence-electron chi connectivity index (χ1n) is 9.44. The van der Waals surface area contributed by atoms with E-state index in [1.54, 1.807) is 13.2 Å². The second-order valence-corrected chi connectivity index (χ2v) is 7.78. The molecular formula is C22H28BrNO4. The fourth-order valence-electron chi connectivity index (χ4n) is 2.49. The normalized spacial score (nSPS) is 10.6. The molecule has 0 fully saturated rings. The van der Waals surface area contributed by atoms with Crippen LogP contribution in [0.3, 0.4) is 0 Å². The van der Waals surface area contributed by atoms with Crippen molar-refractivity contribution in [2.45, 2.75) is 33.7 Å². The molecule has 6 heteroatoms. The van der Waals surface area contributed by atoms with Gasteiger partial charge in [-0.25, -0.2) is 0 Å². The Morgan fingerprint density at radius 1 is 1.07 bits per heavy atom. The van der Waals surface area contributed by atoms with E-state index >= 15 is 0 Å². The molecule has 0 atom stereocenters. The summed E-state index contributed by atoms with van der Waals surface area (Å²) in [5, 5.41) is 2.95. The topological polar surface area (TPSA) is 56.8 Å². The van der Waals surface area contributed by atoms with Crippen LogP contribution in [0.4, 0.5) is 0 Å². The Labute approximate surface area is 175 Å². The number of rotatable bonds is 10. The molecule has 0 spiro atoms.